The normalized spacial score (nSPS) is 12.9. The van der Waals surface area contributed by atoms with Crippen LogP contribution in [0.25, 0.3) is 68.9 Å². The number of aromatic hydroxyl groups is 2. The average molecular weight is 1500 g/mol. The van der Waals surface area contributed by atoms with E-state index in [0.717, 1.165) is 96.6 Å². The Kier molecular flexibility index (Phi) is 31.9. The van der Waals surface area contributed by atoms with Crippen LogP contribution in [-0.2, 0) is 41.2 Å². The fraction of sp³-hybridized carbons (Fsp3) is 0.443. The molecule has 0 amide bonds. The molecule has 104 heavy (non-hydrogen) atoms. The Bertz CT molecular complexity index is 4880. The van der Waals surface area contributed by atoms with Gasteiger partial charge in [-0.3, -0.25) is 0 Å². The van der Waals surface area contributed by atoms with E-state index in [1.54, 1.807) is 53.1 Å². The Morgan fingerprint density at radius 3 is 1.19 bits per heavy atom. The van der Waals surface area contributed by atoms with Gasteiger partial charge >= 0.3 is 40.8 Å². The van der Waals surface area contributed by atoms with Crippen molar-refractivity contribution in [2.75, 3.05) is 79.4 Å². The van der Waals surface area contributed by atoms with Gasteiger partial charge in [-0.25, -0.2) is 44.0 Å². The maximum absolute atomic E-state index is 13.2. The molecule has 0 atom stereocenters. The third-order valence-electron chi connectivity index (χ3n) is 17.8. The van der Waals surface area contributed by atoms with Gasteiger partial charge in [-0.05, 0) is 105 Å². The molecule has 558 valence electrons. The van der Waals surface area contributed by atoms with Crippen molar-refractivity contribution in [3.8, 4) is 34.1 Å². The van der Waals surface area contributed by atoms with Crippen molar-refractivity contribution < 1.29 is 96.4 Å². The average Bonchev–Trinajstić information content (AvgIpc) is 0.803. The molecule has 0 unspecified atom stereocenters. The maximum atomic E-state index is 13.2. The minimum Gasteiger partial charge on any atom is -0.748 e. The number of allylic oxidation sites excluding steroid dienone is 4. The predicted molar refractivity (Wildman–Crippen MR) is 410 cm³/mol. The van der Waals surface area contributed by atoms with E-state index >= 15 is 0 Å². The number of rotatable bonds is 33. The molecule has 0 radical (unpaired) electrons. The Labute approximate surface area is 634 Å². The van der Waals surface area contributed by atoms with Gasteiger partial charge in [-0.1, -0.05) is 130 Å². The molecule has 0 saturated heterocycles. The number of hydrogen-bond acceptors (Lipinski definition) is 19. The molecule has 4 aromatic rings. The van der Waals surface area contributed by atoms with Crippen LogP contribution in [-0.4, -0.2) is 119 Å². The van der Waals surface area contributed by atoms with Gasteiger partial charge in [-0.2, -0.15) is 0 Å². The largest absolute Gasteiger partial charge is 1.00 e. The second kappa shape index (κ2) is 38.8. The van der Waals surface area contributed by atoms with Crippen molar-refractivity contribution in [3.05, 3.63) is 175 Å². The summed E-state index contributed by atoms with van der Waals surface area (Å²) in [4.78, 5) is 30.5. The quantitative estimate of drug-likeness (QED) is 0.00964. The topological polar surface area (TPSA) is 311 Å². The van der Waals surface area contributed by atoms with E-state index in [0.29, 0.717) is 57.7 Å². The van der Waals surface area contributed by atoms with E-state index in [2.05, 4.69) is 58.3 Å². The van der Waals surface area contributed by atoms with Crippen molar-refractivity contribution in [3.63, 3.8) is 0 Å². The van der Waals surface area contributed by atoms with Gasteiger partial charge in [0.05, 0.1) is 53.3 Å². The summed E-state index contributed by atoms with van der Waals surface area (Å²) in [5.74, 6) is 0.726. The fourth-order valence-electron chi connectivity index (χ4n) is 12.0. The van der Waals surface area contributed by atoms with Crippen molar-refractivity contribution in [1.29, 1.82) is 0 Å². The summed E-state index contributed by atoms with van der Waals surface area (Å²) < 4.78 is 129. The van der Waals surface area contributed by atoms with Crippen LogP contribution >= 0.6 is 0 Å². The first kappa shape index (κ1) is 85.5. The summed E-state index contributed by atoms with van der Waals surface area (Å²) in [5.41, 5.74) is 3.99. The SMILES string of the molecule is CCCCCCN(CCCCCC)c1ccc2c(O)c(/C=C/C=C/c3cc(C(C)(C)C)oc4cc(=[N+](CCCS(=O)(=O)[O-])CCCS(=O)(=O)[O-])ccc3-4)c(=O)oc2c1.CCN(CC)c1ccc2c(O)c(/C=C/C=C/c3cc(C(C)(C)C)oc4cc(=[N+](CC)CCCS(=O)(=O)[O-])ccc3-4)c(=O)oc2c1.[Na+]. The van der Waals surface area contributed by atoms with Crippen molar-refractivity contribution in [2.24, 2.45) is 0 Å². The summed E-state index contributed by atoms with van der Waals surface area (Å²) in [6, 6.07) is 26.2. The molecule has 2 aliphatic heterocycles. The van der Waals surface area contributed by atoms with Crippen LogP contribution in [0.2, 0.25) is 0 Å². The van der Waals surface area contributed by atoms with E-state index < -0.39 is 64.3 Å². The summed E-state index contributed by atoms with van der Waals surface area (Å²) >= 11 is 0. The van der Waals surface area contributed by atoms with Gasteiger partial charge < -0.3 is 51.3 Å². The summed E-state index contributed by atoms with van der Waals surface area (Å²) in [7, 11) is -13.2. The van der Waals surface area contributed by atoms with Crippen LogP contribution < -0.4 is 70.5 Å². The van der Waals surface area contributed by atoms with Crippen molar-refractivity contribution in [1.82, 2.24) is 9.15 Å². The Hall–Kier alpha value is -7.39. The number of anilines is 2. The molecule has 0 fully saturated rings. The van der Waals surface area contributed by atoms with Gasteiger partial charge in [0, 0.05) is 120 Å². The molecule has 2 N–H and O–H groups in total. The van der Waals surface area contributed by atoms with E-state index in [4.69, 9.17) is 17.7 Å². The number of hydrogen-bond donors (Lipinski definition) is 2. The molecule has 21 nitrogen and oxygen atoms in total. The van der Waals surface area contributed by atoms with E-state index in [1.165, 1.54) is 37.8 Å². The number of nitrogens with zero attached hydrogens (tertiary/aromatic N) is 4. The van der Waals surface area contributed by atoms with E-state index in [-0.39, 0.29) is 90.0 Å². The summed E-state index contributed by atoms with van der Waals surface area (Å²) in [6.07, 6.45) is 23.1. The van der Waals surface area contributed by atoms with Gasteiger partial charge in [0.15, 0.2) is 0 Å². The molecule has 4 heterocycles. The summed E-state index contributed by atoms with van der Waals surface area (Å²) in [5, 5.41) is 24.6. The number of unbranched alkanes of at least 4 members (excludes halogenated alkanes) is 6. The molecular weight excluding hydrogens is 1400 g/mol. The molecule has 8 rings (SSSR count). The van der Waals surface area contributed by atoms with Crippen molar-refractivity contribution in [2.45, 2.75) is 158 Å². The zero-order valence-electron chi connectivity index (χ0n) is 62.3. The van der Waals surface area contributed by atoms with Crippen LogP contribution in [0.1, 0.15) is 181 Å². The predicted octanol–water partition coefficient (Wildman–Crippen LogP) is 10.6. The molecular formula is C79H101N4NaO17S3. The van der Waals surface area contributed by atoms with Crippen molar-refractivity contribution >= 4 is 88.0 Å². The zero-order chi connectivity index (χ0) is 75.5. The first-order valence-electron chi connectivity index (χ1n) is 35.6. The molecule has 25 heteroatoms. The summed E-state index contributed by atoms with van der Waals surface area (Å²) in [6.45, 7) is 27.4. The molecule has 2 aromatic carbocycles. The number of fused-ring (bicyclic) bond motifs is 4. The van der Waals surface area contributed by atoms with Gasteiger partial charge in [-0.15, -0.1) is 0 Å². The van der Waals surface area contributed by atoms with Gasteiger partial charge in [0.2, 0.25) is 10.7 Å². The Morgan fingerprint density at radius 1 is 0.452 bits per heavy atom. The van der Waals surface area contributed by atoms with Gasteiger partial charge in [0.1, 0.15) is 83.0 Å². The first-order valence-corrected chi connectivity index (χ1v) is 40.3. The second-order valence-electron chi connectivity index (χ2n) is 27.8. The minimum absolute atomic E-state index is 0. The molecule has 0 saturated carbocycles. The monoisotopic (exact) mass is 1500 g/mol. The fourth-order valence-corrected chi connectivity index (χ4v) is 13.5. The maximum Gasteiger partial charge on any atom is 1.00 e. The Morgan fingerprint density at radius 2 is 0.827 bits per heavy atom. The van der Waals surface area contributed by atoms with Crippen LogP contribution in [0.15, 0.2) is 136 Å². The van der Waals surface area contributed by atoms with Crippen LogP contribution in [0.3, 0.4) is 0 Å². The van der Waals surface area contributed by atoms with E-state index in [9.17, 15) is 58.7 Å². The first-order chi connectivity index (χ1) is 48.6. The third-order valence-corrected chi connectivity index (χ3v) is 20.1. The van der Waals surface area contributed by atoms with Crippen LogP contribution in [0.4, 0.5) is 11.4 Å². The number of benzene rings is 4. The van der Waals surface area contributed by atoms with Crippen LogP contribution in [0, 0.1) is 0 Å². The molecule has 2 aliphatic carbocycles. The molecule has 0 bridgehead atoms. The molecule has 0 spiro atoms. The minimum atomic E-state index is -4.46. The Balaban J connectivity index is 0.000000333. The van der Waals surface area contributed by atoms with Gasteiger partial charge in [0.25, 0.3) is 0 Å². The van der Waals surface area contributed by atoms with Crippen LogP contribution in [0.5, 0.6) is 11.5 Å². The second-order valence-corrected chi connectivity index (χ2v) is 32.4. The standard InChI is InChI=1S/C44H60N2O10S2.C35H42N2O7S.Na/c1-6-8-10-14-24-45(25-15-11-9-7-2)35-21-23-37-40(32-35)56-43(48)38(42(37)47)19-13-12-18-33-30-41(44(3,4)5)55-39-31-34(20-22-36(33)39)46(26-16-28-57(49,50)51)27-17-29-58(52,53)54;1-7-36(8-2)25-16-18-28-31(22-25)44-34(39)29(33(28)38)14-11-10-13-24-21-32(35(4,5)6)43-30-23-26(15-17-27(24)30)37(9-3)19-12-20-45(40,41)42;/h12-13,18-23,30-32H,6-11,14-17,24-29H2,1-5H3,(H2,49,50,51,52,53,54);10-11,13-18,21-23H,7-9,12,19-20H2,1-6H3,(H,40,41,42);/q;;+1/p-1. The smallest absolute Gasteiger partial charge is 0.748 e. The molecule has 4 aliphatic rings. The van der Waals surface area contributed by atoms with E-state index in [1.807, 2.05) is 105 Å². The third kappa shape index (κ3) is 25.1. The zero-order valence-corrected chi connectivity index (χ0v) is 66.7. The molecule has 2 aromatic heterocycles.